The number of halogens is 3. The first-order chi connectivity index (χ1) is 25.0. The van der Waals surface area contributed by atoms with Crippen LogP contribution in [-0.2, 0) is 20.4 Å². The summed E-state index contributed by atoms with van der Waals surface area (Å²) in [6.45, 7) is 1.57. The maximum Gasteiger partial charge on any atom is 0.338 e. The second kappa shape index (κ2) is 15.6. The minimum atomic E-state index is -1.81. The summed E-state index contributed by atoms with van der Waals surface area (Å²) in [4.78, 5) is 47.6. The van der Waals surface area contributed by atoms with Gasteiger partial charge in [0.15, 0.2) is 28.5 Å². The molecule has 1 aromatic heterocycles. The number of fused-ring (bicyclic) bond motifs is 1. The molecule has 4 aromatic rings. The summed E-state index contributed by atoms with van der Waals surface area (Å²) < 4.78 is 74.4. The number of amides is 4. The molecule has 3 heterocycles. The minimum absolute atomic E-state index is 0.0757. The van der Waals surface area contributed by atoms with Crippen LogP contribution < -0.4 is 30.3 Å². The van der Waals surface area contributed by atoms with E-state index in [2.05, 4.69) is 26.0 Å². The molecule has 0 bridgehead atoms. The first-order valence-corrected chi connectivity index (χ1v) is 17.1. The largest absolute Gasteiger partial charge is 0.493 e. The molecule has 52 heavy (non-hydrogen) atoms. The molecular formula is C34H32F3N7O7S. The minimum Gasteiger partial charge on any atom is -0.493 e. The number of anilines is 1. The van der Waals surface area contributed by atoms with Gasteiger partial charge in [0.1, 0.15) is 18.2 Å². The number of aromatic nitrogens is 2. The molecule has 2 aliphatic rings. The monoisotopic (exact) mass is 739 g/mol. The lowest BCUT2D eigenvalue weighted by atomic mass is 10.1. The van der Waals surface area contributed by atoms with E-state index in [1.54, 1.807) is 19.2 Å². The van der Waals surface area contributed by atoms with Gasteiger partial charge in [0.25, 0.3) is 5.91 Å². The maximum absolute atomic E-state index is 15.4. The normalized spacial score (nSPS) is 17.9. The van der Waals surface area contributed by atoms with Crippen molar-refractivity contribution in [2.24, 2.45) is 0 Å². The van der Waals surface area contributed by atoms with E-state index in [1.807, 2.05) is 4.90 Å². The van der Waals surface area contributed by atoms with Gasteiger partial charge in [0, 0.05) is 55.5 Å². The van der Waals surface area contributed by atoms with Crippen LogP contribution in [-0.4, -0.2) is 81.8 Å². The lowest BCUT2D eigenvalue weighted by Crippen LogP contribution is -2.51. The zero-order chi connectivity index (χ0) is 36.9. The van der Waals surface area contributed by atoms with Gasteiger partial charge in [-0.2, -0.15) is 0 Å². The van der Waals surface area contributed by atoms with Crippen molar-refractivity contribution in [3.8, 4) is 23.1 Å². The third-order valence-electron chi connectivity index (χ3n) is 8.23. The van der Waals surface area contributed by atoms with Gasteiger partial charge in [0.2, 0.25) is 17.5 Å². The van der Waals surface area contributed by atoms with Crippen molar-refractivity contribution in [3.05, 3.63) is 89.4 Å². The number of carbonyl (C=O) groups excluding carboxylic acids is 3. The Balaban J connectivity index is 1.17. The molecule has 14 nitrogen and oxygen atoms in total. The second-order valence-electron chi connectivity index (χ2n) is 11.6. The number of carbonyl (C=O) groups is 3. The lowest BCUT2D eigenvalue weighted by molar-refractivity contribution is -0.129. The highest BCUT2D eigenvalue weighted by molar-refractivity contribution is 7.88. The molecule has 0 aliphatic carbocycles. The Labute approximate surface area is 297 Å². The van der Waals surface area contributed by atoms with Gasteiger partial charge in [-0.25, -0.2) is 38.4 Å². The fourth-order valence-electron chi connectivity index (χ4n) is 5.64. The summed E-state index contributed by atoms with van der Waals surface area (Å²) in [6.07, 6.45) is 3.22. The summed E-state index contributed by atoms with van der Waals surface area (Å²) in [5, 5.41) is 5.83. The first kappa shape index (κ1) is 36.1. The number of piperidine rings is 1. The number of hydrogen-bond acceptors (Lipinski definition) is 10. The highest BCUT2D eigenvalue weighted by atomic mass is 32.2. The van der Waals surface area contributed by atoms with E-state index in [-0.39, 0.29) is 41.1 Å². The van der Waals surface area contributed by atoms with Crippen molar-refractivity contribution in [1.82, 2.24) is 30.6 Å². The molecule has 272 valence electrons. The molecule has 2 unspecified atom stereocenters. The van der Waals surface area contributed by atoms with Crippen molar-refractivity contribution in [2.45, 2.75) is 24.3 Å². The van der Waals surface area contributed by atoms with Crippen molar-refractivity contribution >= 4 is 45.2 Å². The van der Waals surface area contributed by atoms with Gasteiger partial charge >= 0.3 is 6.03 Å². The molecule has 4 amide bonds. The van der Waals surface area contributed by atoms with E-state index < -0.39 is 51.3 Å². The molecule has 1 saturated heterocycles. The molecule has 3 aromatic carbocycles. The van der Waals surface area contributed by atoms with Gasteiger partial charge in [0.05, 0.1) is 35.4 Å². The molecular weight excluding hydrogens is 707 g/mol. The molecule has 2 atom stereocenters. The van der Waals surface area contributed by atoms with Gasteiger partial charge < -0.3 is 24.8 Å². The van der Waals surface area contributed by atoms with E-state index in [1.165, 1.54) is 19.2 Å². The number of urea groups is 1. The molecule has 0 saturated carbocycles. The number of methoxy groups -OCH3 is 1. The van der Waals surface area contributed by atoms with Crippen LogP contribution in [0.5, 0.6) is 23.1 Å². The highest BCUT2D eigenvalue weighted by Crippen LogP contribution is 2.39. The molecule has 1 fully saturated rings. The maximum atomic E-state index is 15.4. The van der Waals surface area contributed by atoms with Crippen LogP contribution in [0.2, 0.25) is 0 Å². The summed E-state index contributed by atoms with van der Waals surface area (Å²) >= 11 is 0. The topological polar surface area (TPSA) is 164 Å². The lowest BCUT2D eigenvalue weighted by Gasteiger charge is -2.32. The van der Waals surface area contributed by atoms with Crippen molar-refractivity contribution < 1.29 is 46.0 Å². The Morgan fingerprint density at radius 3 is 2.38 bits per heavy atom. The summed E-state index contributed by atoms with van der Waals surface area (Å²) in [5.41, 5.74) is 2.51. The fraction of sp³-hybridized carbons (Fsp3) is 0.265. The van der Waals surface area contributed by atoms with Crippen LogP contribution in [0.15, 0.2) is 66.3 Å². The van der Waals surface area contributed by atoms with Crippen LogP contribution in [0.3, 0.4) is 0 Å². The van der Waals surface area contributed by atoms with Crippen LogP contribution >= 0.6 is 0 Å². The number of likely N-dealkylation sites (tertiary alicyclic amines) is 1. The zero-order valence-corrected chi connectivity index (χ0v) is 28.5. The molecule has 6 rings (SSSR count). The predicted molar refractivity (Wildman–Crippen MR) is 182 cm³/mol. The van der Waals surface area contributed by atoms with Crippen molar-refractivity contribution in [1.29, 1.82) is 0 Å². The fourth-order valence-corrected chi connectivity index (χ4v) is 6.83. The van der Waals surface area contributed by atoms with Gasteiger partial charge in [-0.15, -0.1) is 0 Å². The van der Waals surface area contributed by atoms with Gasteiger partial charge in [-0.05, 0) is 36.6 Å². The third-order valence-corrected chi connectivity index (χ3v) is 9.55. The number of nitrogens with one attached hydrogen (secondary N) is 3. The smallest absolute Gasteiger partial charge is 0.338 e. The quantitative estimate of drug-likeness (QED) is 0.214. The Hall–Kier alpha value is -5.75. The number of likely N-dealkylation sites (N-methyl/N-ethyl adjacent to an activating group) is 1. The van der Waals surface area contributed by atoms with E-state index in [9.17, 15) is 23.0 Å². The van der Waals surface area contributed by atoms with E-state index in [0.29, 0.717) is 42.9 Å². The second-order valence-corrected chi connectivity index (χ2v) is 13.0. The number of ether oxygens (including phenoxy) is 3. The zero-order valence-electron chi connectivity index (χ0n) is 27.7. The highest BCUT2D eigenvalue weighted by Gasteiger charge is 2.33. The SMILES string of the molecule is CNC(=O)CN1CCC(Oc2cc3c(Oc4c(F)cc(NC(=O)NN5C(=O)C=CS(=O)C5c5ccc(F)cc5)cc4F)ncnc3cc2OC)CC1. The summed E-state index contributed by atoms with van der Waals surface area (Å²) in [5.74, 6) is -4.08. The first-order valence-electron chi connectivity index (χ1n) is 15.9. The number of nitrogens with zero attached hydrogens (tertiary/aromatic N) is 4. The average molecular weight is 740 g/mol. The van der Waals surface area contributed by atoms with Gasteiger partial charge in [-0.1, -0.05) is 12.1 Å². The number of benzene rings is 3. The van der Waals surface area contributed by atoms with Crippen LogP contribution in [0.25, 0.3) is 10.9 Å². The third kappa shape index (κ3) is 8.07. The van der Waals surface area contributed by atoms with Crippen LogP contribution in [0, 0.1) is 17.5 Å². The predicted octanol–water partition coefficient (Wildman–Crippen LogP) is 4.28. The molecule has 18 heteroatoms. The Bertz CT molecular complexity index is 2040. The Morgan fingerprint density at radius 1 is 1.00 bits per heavy atom. The molecule has 0 spiro atoms. The summed E-state index contributed by atoms with van der Waals surface area (Å²) in [6, 6.07) is 8.49. The van der Waals surface area contributed by atoms with Crippen molar-refractivity contribution in [3.63, 3.8) is 0 Å². The summed E-state index contributed by atoms with van der Waals surface area (Å²) in [7, 11) is 1.23. The Morgan fingerprint density at radius 2 is 1.71 bits per heavy atom. The van der Waals surface area contributed by atoms with Crippen LogP contribution in [0.1, 0.15) is 23.8 Å². The number of hydrazine groups is 1. The number of hydrogen-bond donors (Lipinski definition) is 3. The van der Waals surface area contributed by atoms with Crippen LogP contribution in [0.4, 0.5) is 23.7 Å². The van der Waals surface area contributed by atoms with E-state index in [0.717, 1.165) is 47.1 Å². The Kier molecular flexibility index (Phi) is 10.8. The molecule has 0 radical (unpaired) electrons. The standard InChI is InChI=1S/C34H32F3N7O7S/c1-38-29(45)17-43-10-7-22(8-11-43)50-28-15-23-26(16-27(28)49-2)39-18-40-32(23)51-31-24(36)13-21(14-25(31)37)41-34(47)42-44-30(46)9-12-52(48)33(44)19-3-5-20(35)6-4-19/h3-6,9,12-16,18,22,33H,7-8,10-11,17H2,1-2H3,(H,38,45)(H2,41,42,47). The van der Waals surface area contributed by atoms with Gasteiger partial charge in [-0.3, -0.25) is 18.7 Å². The number of rotatable bonds is 10. The van der Waals surface area contributed by atoms with Crippen molar-refractivity contribution in [2.75, 3.05) is 39.1 Å². The molecule has 3 N–H and O–H groups in total. The average Bonchev–Trinajstić information content (AvgIpc) is 3.12. The van der Waals surface area contributed by atoms with E-state index in [4.69, 9.17) is 14.2 Å². The van der Waals surface area contributed by atoms with E-state index >= 15 is 8.78 Å². The molecule has 2 aliphatic heterocycles.